The van der Waals surface area contributed by atoms with Crippen LogP contribution in [-0.2, 0) is 0 Å². The molecule has 1 atom stereocenters. The number of nitrogens with one attached hydrogen (secondary N) is 1. The maximum atomic E-state index is 12.5. The van der Waals surface area contributed by atoms with Crippen LogP contribution in [-0.4, -0.2) is 48.7 Å². The van der Waals surface area contributed by atoms with Crippen LogP contribution in [0.4, 0.5) is 5.69 Å². The van der Waals surface area contributed by atoms with Crippen molar-refractivity contribution in [1.82, 2.24) is 10.2 Å². The van der Waals surface area contributed by atoms with Crippen molar-refractivity contribution in [1.29, 1.82) is 0 Å². The molecule has 0 bridgehead atoms. The number of phenolic OH excluding ortho intramolecular Hbond substituents is 1. The van der Waals surface area contributed by atoms with Gasteiger partial charge in [0.25, 0.3) is 5.91 Å². The molecule has 1 unspecified atom stereocenters. The van der Waals surface area contributed by atoms with Crippen molar-refractivity contribution in [2.45, 2.75) is 25.8 Å². The minimum Gasteiger partial charge on any atom is -0.506 e. The lowest BCUT2D eigenvalue weighted by molar-refractivity contribution is 0.0935. The van der Waals surface area contributed by atoms with Gasteiger partial charge >= 0.3 is 0 Å². The van der Waals surface area contributed by atoms with E-state index >= 15 is 0 Å². The highest BCUT2D eigenvalue weighted by molar-refractivity contribution is 9.10. The number of benzene rings is 1. The number of halogens is 2. The van der Waals surface area contributed by atoms with Crippen molar-refractivity contribution in [3.8, 4) is 11.5 Å². The standard InChI is InChI=1S/C15H22BrN3O3.ClH/c1-3-19-6-4-5-9(19)8-18-15(21)12-13(20)10(16)7-11(17)14(12)22-2;/h7,9,20H,3-6,8,17H2,1-2H3,(H,18,21);1H. The topological polar surface area (TPSA) is 87.8 Å². The van der Waals surface area contributed by atoms with E-state index in [4.69, 9.17) is 10.5 Å². The van der Waals surface area contributed by atoms with Gasteiger partial charge in [0.15, 0.2) is 5.75 Å². The van der Waals surface area contributed by atoms with E-state index in [1.807, 2.05) is 0 Å². The summed E-state index contributed by atoms with van der Waals surface area (Å²) in [5.41, 5.74) is 6.21. The fraction of sp³-hybridized carbons (Fsp3) is 0.533. The number of nitrogens with two attached hydrogens (primary N) is 1. The molecule has 0 saturated carbocycles. The Hall–Kier alpha value is -1.18. The average Bonchev–Trinajstić information content (AvgIpc) is 2.95. The molecule has 8 heteroatoms. The molecule has 23 heavy (non-hydrogen) atoms. The van der Waals surface area contributed by atoms with E-state index in [1.165, 1.54) is 13.2 Å². The molecular weight excluding hydrogens is 386 g/mol. The first-order valence-corrected chi connectivity index (χ1v) is 8.16. The van der Waals surface area contributed by atoms with Gasteiger partial charge in [-0.1, -0.05) is 6.92 Å². The van der Waals surface area contributed by atoms with E-state index in [-0.39, 0.29) is 35.4 Å². The zero-order chi connectivity index (χ0) is 16.3. The van der Waals surface area contributed by atoms with Gasteiger partial charge in [0.1, 0.15) is 11.3 Å². The summed E-state index contributed by atoms with van der Waals surface area (Å²) in [5.74, 6) is -0.357. The fourth-order valence-corrected chi connectivity index (χ4v) is 3.36. The molecule has 1 fully saturated rings. The molecule has 0 radical (unpaired) electrons. The number of likely N-dealkylation sites (tertiary alicyclic amines) is 1. The second-order valence-corrected chi connectivity index (χ2v) is 6.19. The number of hydrogen-bond acceptors (Lipinski definition) is 5. The molecule has 1 heterocycles. The Morgan fingerprint density at radius 3 is 2.91 bits per heavy atom. The van der Waals surface area contributed by atoms with E-state index < -0.39 is 0 Å². The second kappa shape index (κ2) is 8.61. The number of hydrogen-bond donors (Lipinski definition) is 3. The number of likely N-dealkylation sites (N-methyl/N-ethyl adjacent to an activating group) is 1. The molecule has 0 aliphatic carbocycles. The van der Waals surface area contributed by atoms with Crippen LogP contribution in [0.3, 0.4) is 0 Å². The van der Waals surface area contributed by atoms with Gasteiger partial charge in [-0.05, 0) is 47.9 Å². The molecule has 0 spiro atoms. The van der Waals surface area contributed by atoms with Crippen molar-refractivity contribution < 1.29 is 14.6 Å². The lowest BCUT2D eigenvalue weighted by Crippen LogP contribution is -2.40. The number of rotatable bonds is 5. The number of nitrogens with zero attached hydrogens (tertiary/aromatic N) is 1. The number of carbonyl (C=O) groups excluding carboxylic acids is 1. The number of phenols is 1. The summed E-state index contributed by atoms with van der Waals surface area (Å²) in [6.45, 7) is 4.69. The second-order valence-electron chi connectivity index (χ2n) is 5.34. The molecule has 1 amide bonds. The van der Waals surface area contributed by atoms with Crippen LogP contribution in [0.1, 0.15) is 30.1 Å². The third kappa shape index (κ3) is 4.22. The summed E-state index contributed by atoms with van der Waals surface area (Å²) < 4.78 is 5.54. The fourth-order valence-electron chi connectivity index (χ4n) is 2.91. The van der Waals surface area contributed by atoms with Crippen LogP contribution in [0.5, 0.6) is 11.5 Å². The lowest BCUT2D eigenvalue weighted by Gasteiger charge is -2.23. The number of carbonyl (C=O) groups is 1. The van der Waals surface area contributed by atoms with E-state index in [2.05, 4.69) is 33.1 Å². The number of amides is 1. The number of aromatic hydroxyl groups is 1. The van der Waals surface area contributed by atoms with Crippen LogP contribution in [0.25, 0.3) is 0 Å². The summed E-state index contributed by atoms with van der Waals surface area (Å²) in [5, 5.41) is 13.0. The van der Waals surface area contributed by atoms with Crippen molar-refractivity contribution in [2.75, 3.05) is 32.5 Å². The summed E-state index contributed by atoms with van der Waals surface area (Å²) in [7, 11) is 1.42. The highest BCUT2D eigenvalue weighted by atomic mass is 79.9. The molecule has 1 aliphatic heterocycles. The Bertz CT molecular complexity index is 571. The first-order valence-electron chi connectivity index (χ1n) is 7.36. The highest BCUT2D eigenvalue weighted by Gasteiger charge is 2.26. The number of methoxy groups -OCH3 is 1. The predicted octanol–water partition coefficient (Wildman–Crippen LogP) is 2.38. The molecule has 1 aliphatic rings. The zero-order valence-electron chi connectivity index (χ0n) is 13.3. The largest absolute Gasteiger partial charge is 0.506 e. The van der Waals surface area contributed by atoms with Crippen LogP contribution in [0.2, 0.25) is 0 Å². The molecule has 1 aromatic rings. The third-order valence-electron chi connectivity index (χ3n) is 4.07. The van der Waals surface area contributed by atoms with E-state index in [0.717, 1.165) is 25.9 Å². The summed E-state index contributed by atoms with van der Waals surface area (Å²) >= 11 is 3.19. The third-order valence-corrected chi connectivity index (χ3v) is 4.67. The van der Waals surface area contributed by atoms with E-state index in [9.17, 15) is 9.90 Å². The Labute approximate surface area is 150 Å². The smallest absolute Gasteiger partial charge is 0.259 e. The van der Waals surface area contributed by atoms with Crippen molar-refractivity contribution >= 4 is 39.9 Å². The van der Waals surface area contributed by atoms with E-state index in [0.29, 0.717) is 22.7 Å². The minimum absolute atomic E-state index is 0. The minimum atomic E-state index is -0.384. The van der Waals surface area contributed by atoms with Gasteiger partial charge in [0, 0.05) is 12.6 Å². The average molecular weight is 409 g/mol. The van der Waals surface area contributed by atoms with Crippen LogP contribution in [0, 0.1) is 0 Å². The Morgan fingerprint density at radius 1 is 1.61 bits per heavy atom. The maximum absolute atomic E-state index is 12.5. The zero-order valence-corrected chi connectivity index (χ0v) is 15.7. The first kappa shape index (κ1) is 19.9. The molecule has 2 rings (SSSR count). The monoisotopic (exact) mass is 407 g/mol. The van der Waals surface area contributed by atoms with Crippen molar-refractivity contribution in [3.63, 3.8) is 0 Å². The van der Waals surface area contributed by atoms with Crippen molar-refractivity contribution in [3.05, 3.63) is 16.1 Å². The molecular formula is C15H23BrClN3O3. The number of ether oxygens (including phenoxy) is 1. The summed E-state index contributed by atoms with van der Waals surface area (Å²) in [6, 6.07) is 1.85. The van der Waals surface area contributed by atoms with Gasteiger partial charge in [-0.25, -0.2) is 0 Å². The van der Waals surface area contributed by atoms with Crippen LogP contribution < -0.4 is 15.8 Å². The van der Waals surface area contributed by atoms with Gasteiger partial charge < -0.3 is 20.9 Å². The highest BCUT2D eigenvalue weighted by Crippen LogP contribution is 2.39. The van der Waals surface area contributed by atoms with Crippen LogP contribution in [0.15, 0.2) is 10.5 Å². The summed E-state index contributed by atoms with van der Waals surface area (Å²) in [4.78, 5) is 14.8. The Balaban J connectivity index is 0.00000264. The maximum Gasteiger partial charge on any atom is 0.259 e. The van der Waals surface area contributed by atoms with Gasteiger partial charge in [0.05, 0.1) is 17.3 Å². The Morgan fingerprint density at radius 2 is 2.30 bits per heavy atom. The molecule has 1 aromatic carbocycles. The lowest BCUT2D eigenvalue weighted by atomic mass is 10.1. The molecule has 4 N–H and O–H groups in total. The van der Waals surface area contributed by atoms with Gasteiger partial charge in [0.2, 0.25) is 0 Å². The first-order chi connectivity index (χ1) is 10.5. The Kier molecular flexibility index (Phi) is 7.44. The van der Waals surface area contributed by atoms with Gasteiger partial charge in [-0.2, -0.15) is 0 Å². The quantitative estimate of drug-likeness (QED) is 0.514. The van der Waals surface area contributed by atoms with E-state index in [1.54, 1.807) is 0 Å². The molecule has 0 aromatic heterocycles. The number of anilines is 1. The molecule has 1 saturated heterocycles. The van der Waals surface area contributed by atoms with Gasteiger partial charge in [-0.3, -0.25) is 9.69 Å². The normalized spacial score (nSPS) is 17.6. The predicted molar refractivity (Wildman–Crippen MR) is 96.6 cm³/mol. The SMILES string of the molecule is CCN1CCCC1CNC(=O)c1c(O)c(Br)cc(N)c1OC.Cl. The van der Waals surface area contributed by atoms with Crippen molar-refractivity contribution in [2.24, 2.45) is 0 Å². The molecule has 6 nitrogen and oxygen atoms in total. The molecule has 130 valence electrons. The summed E-state index contributed by atoms with van der Waals surface area (Å²) in [6.07, 6.45) is 2.21. The van der Waals surface area contributed by atoms with Crippen LogP contribution >= 0.6 is 28.3 Å². The number of nitrogen functional groups attached to an aromatic ring is 1. The van der Waals surface area contributed by atoms with Gasteiger partial charge in [-0.15, -0.1) is 12.4 Å².